The maximum Gasteiger partial charge on any atom is 0.276 e. The molecule has 2 aromatic carbocycles. The smallest absolute Gasteiger partial charge is 0.276 e. The summed E-state index contributed by atoms with van der Waals surface area (Å²) in [7, 11) is 0. The van der Waals surface area contributed by atoms with E-state index < -0.39 is 5.91 Å². The van der Waals surface area contributed by atoms with Gasteiger partial charge in [0.25, 0.3) is 5.91 Å². The normalized spacial score (nSPS) is 10.5. The van der Waals surface area contributed by atoms with Crippen LogP contribution in [0.3, 0.4) is 0 Å². The highest BCUT2D eigenvalue weighted by Crippen LogP contribution is 2.23. The molecule has 1 heterocycles. The lowest BCUT2D eigenvalue weighted by Crippen LogP contribution is -2.18. The van der Waals surface area contributed by atoms with Crippen molar-refractivity contribution >= 4 is 39.8 Å². The van der Waals surface area contributed by atoms with Crippen molar-refractivity contribution < 1.29 is 10.0 Å². The van der Waals surface area contributed by atoms with E-state index in [2.05, 4.69) is 10.3 Å². The molecule has 3 N–H and O–H groups in total. The van der Waals surface area contributed by atoms with Gasteiger partial charge in [0.1, 0.15) is 0 Å². The number of halogens is 1. The number of anilines is 2. The van der Waals surface area contributed by atoms with E-state index in [1.165, 1.54) is 6.20 Å². The van der Waals surface area contributed by atoms with Crippen molar-refractivity contribution in [2.45, 2.75) is 0 Å². The second kappa shape index (κ2) is 6.01. The van der Waals surface area contributed by atoms with Crippen LogP contribution >= 0.6 is 11.6 Å². The van der Waals surface area contributed by atoms with E-state index in [9.17, 15) is 4.79 Å². The third-order valence-corrected chi connectivity index (χ3v) is 3.43. The summed E-state index contributed by atoms with van der Waals surface area (Å²) in [5, 5.41) is 13.4. The number of amides is 1. The average Bonchev–Trinajstić information content (AvgIpc) is 2.55. The van der Waals surface area contributed by atoms with Crippen LogP contribution in [0.5, 0.6) is 0 Å². The number of hydrogen-bond donors (Lipinski definition) is 3. The fourth-order valence-electron chi connectivity index (χ4n) is 2.10. The van der Waals surface area contributed by atoms with Gasteiger partial charge in [0, 0.05) is 28.0 Å². The molecule has 5 nitrogen and oxygen atoms in total. The van der Waals surface area contributed by atoms with Gasteiger partial charge < -0.3 is 5.32 Å². The molecule has 0 bridgehead atoms. The van der Waals surface area contributed by atoms with Gasteiger partial charge in [-0.1, -0.05) is 11.6 Å². The summed E-state index contributed by atoms with van der Waals surface area (Å²) in [4.78, 5) is 15.6. The Hall–Kier alpha value is -2.63. The lowest BCUT2D eigenvalue weighted by molar-refractivity contribution is 0.0706. The average molecular weight is 314 g/mol. The number of fused-ring (bicyclic) bond motifs is 1. The minimum atomic E-state index is -0.592. The van der Waals surface area contributed by atoms with Crippen LogP contribution in [0.2, 0.25) is 5.02 Å². The number of benzene rings is 2. The van der Waals surface area contributed by atoms with Crippen LogP contribution in [-0.2, 0) is 0 Å². The first-order valence-corrected chi connectivity index (χ1v) is 6.90. The predicted octanol–water partition coefficient (Wildman–Crippen LogP) is 3.75. The third-order valence-electron chi connectivity index (χ3n) is 3.18. The van der Waals surface area contributed by atoms with E-state index in [1.807, 2.05) is 30.3 Å². The zero-order valence-corrected chi connectivity index (χ0v) is 12.1. The molecule has 3 rings (SSSR count). The number of nitrogens with one attached hydrogen (secondary N) is 2. The lowest BCUT2D eigenvalue weighted by atomic mass is 10.1. The van der Waals surface area contributed by atoms with Gasteiger partial charge in [0.15, 0.2) is 0 Å². The van der Waals surface area contributed by atoms with Crippen molar-refractivity contribution in [2.24, 2.45) is 0 Å². The van der Waals surface area contributed by atoms with Crippen molar-refractivity contribution in [2.75, 3.05) is 5.32 Å². The fraction of sp³-hybridized carbons (Fsp3) is 0. The summed E-state index contributed by atoms with van der Waals surface area (Å²) < 4.78 is 0. The van der Waals surface area contributed by atoms with Crippen molar-refractivity contribution in [1.29, 1.82) is 0 Å². The number of pyridine rings is 1. The molecule has 0 radical (unpaired) electrons. The van der Waals surface area contributed by atoms with Crippen molar-refractivity contribution in [3.05, 3.63) is 65.3 Å². The van der Waals surface area contributed by atoms with Gasteiger partial charge in [-0.2, -0.15) is 0 Å². The molecule has 0 aliphatic rings. The molecule has 6 heteroatoms. The highest BCUT2D eigenvalue weighted by Gasteiger charge is 2.06. The summed E-state index contributed by atoms with van der Waals surface area (Å²) in [6, 6.07) is 14.7. The van der Waals surface area contributed by atoms with Gasteiger partial charge in [-0.25, -0.2) is 5.48 Å². The largest absolute Gasteiger partial charge is 0.356 e. The molecule has 22 heavy (non-hydrogen) atoms. The third kappa shape index (κ3) is 3.00. The molecule has 0 aliphatic carbocycles. The van der Waals surface area contributed by atoms with E-state index in [0.29, 0.717) is 10.6 Å². The predicted molar refractivity (Wildman–Crippen MR) is 85.7 cm³/mol. The SMILES string of the molecule is O=C(NO)c1cnc2ccc(Nc3ccc(Cl)cc3)cc2c1. The maximum atomic E-state index is 11.4. The van der Waals surface area contributed by atoms with Gasteiger partial charge in [0.05, 0.1) is 11.1 Å². The van der Waals surface area contributed by atoms with Gasteiger partial charge in [0.2, 0.25) is 0 Å². The number of carbonyl (C=O) groups is 1. The lowest BCUT2D eigenvalue weighted by Gasteiger charge is -2.08. The number of hydroxylamine groups is 1. The van der Waals surface area contributed by atoms with Crippen molar-refractivity contribution in [3.8, 4) is 0 Å². The van der Waals surface area contributed by atoms with Gasteiger partial charge in [-0.3, -0.25) is 15.0 Å². The molecule has 110 valence electrons. The molecule has 0 spiro atoms. The van der Waals surface area contributed by atoms with E-state index in [1.54, 1.807) is 23.7 Å². The Morgan fingerprint density at radius 2 is 1.77 bits per heavy atom. The number of hydrogen-bond acceptors (Lipinski definition) is 4. The maximum absolute atomic E-state index is 11.4. The van der Waals surface area contributed by atoms with E-state index in [4.69, 9.17) is 16.8 Å². The Balaban J connectivity index is 1.93. The minimum absolute atomic E-state index is 0.290. The first-order valence-electron chi connectivity index (χ1n) is 6.52. The topological polar surface area (TPSA) is 74.2 Å². The number of carbonyl (C=O) groups excluding carboxylic acids is 1. The first kappa shape index (κ1) is 14.3. The quantitative estimate of drug-likeness (QED) is 0.508. The summed E-state index contributed by atoms with van der Waals surface area (Å²) in [6.07, 6.45) is 1.42. The molecule has 1 aromatic heterocycles. The standard InChI is InChI=1S/C16H12ClN3O2/c17-12-1-3-13(4-2-12)19-14-5-6-15-10(8-14)7-11(9-18-15)16(21)20-22/h1-9,19,22H,(H,20,21). The Bertz CT molecular complexity index is 834. The van der Waals surface area contributed by atoms with Crippen molar-refractivity contribution in [1.82, 2.24) is 10.5 Å². The number of rotatable bonds is 3. The molecule has 0 fully saturated rings. The van der Waals surface area contributed by atoms with Crippen LogP contribution in [0.15, 0.2) is 54.7 Å². The van der Waals surface area contributed by atoms with Crippen LogP contribution in [0, 0.1) is 0 Å². The van der Waals surface area contributed by atoms with Crippen LogP contribution in [0.4, 0.5) is 11.4 Å². The zero-order chi connectivity index (χ0) is 15.5. The molecule has 0 unspecified atom stereocenters. The van der Waals surface area contributed by atoms with Crippen LogP contribution in [0.1, 0.15) is 10.4 Å². The van der Waals surface area contributed by atoms with Gasteiger partial charge in [-0.05, 0) is 48.5 Å². The Kier molecular flexibility index (Phi) is 3.91. The molecule has 0 aliphatic heterocycles. The number of aromatic nitrogens is 1. The number of nitrogens with zero attached hydrogens (tertiary/aromatic N) is 1. The molecule has 0 atom stereocenters. The van der Waals surface area contributed by atoms with Crippen LogP contribution in [-0.4, -0.2) is 16.1 Å². The Labute approximate surface area is 131 Å². The fourth-order valence-corrected chi connectivity index (χ4v) is 2.22. The van der Waals surface area contributed by atoms with E-state index in [-0.39, 0.29) is 0 Å². The van der Waals surface area contributed by atoms with Gasteiger partial charge in [-0.15, -0.1) is 0 Å². The molecular formula is C16H12ClN3O2. The van der Waals surface area contributed by atoms with E-state index in [0.717, 1.165) is 22.3 Å². The minimum Gasteiger partial charge on any atom is -0.356 e. The highest BCUT2D eigenvalue weighted by atomic mass is 35.5. The van der Waals surface area contributed by atoms with Crippen molar-refractivity contribution in [3.63, 3.8) is 0 Å². The van der Waals surface area contributed by atoms with Crippen LogP contribution in [0.25, 0.3) is 10.9 Å². The molecule has 0 saturated carbocycles. The summed E-state index contributed by atoms with van der Waals surface area (Å²) in [5.74, 6) is -0.592. The van der Waals surface area contributed by atoms with Crippen LogP contribution < -0.4 is 10.8 Å². The first-order chi connectivity index (χ1) is 10.7. The summed E-state index contributed by atoms with van der Waals surface area (Å²) in [6.45, 7) is 0. The molecule has 0 saturated heterocycles. The molecule has 3 aromatic rings. The molecule has 1 amide bonds. The monoisotopic (exact) mass is 313 g/mol. The molecular weight excluding hydrogens is 302 g/mol. The highest BCUT2D eigenvalue weighted by molar-refractivity contribution is 6.30. The van der Waals surface area contributed by atoms with Gasteiger partial charge >= 0.3 is 0 Å². The van der Waals surface area contributed by atoms with E-state index >= 15 is 0 Å². The Morgan fingerprint density at radius 1 is 1.05 bits per heavy atom. The zero-order valence-electron chi connectivity index (χ0n) is 11.4. The summed E-state index contributed by atoms with van der Waals surface area (Å²) in [5.41, 5.74) is 4.41. The Morgan fingerprint density at radius 3 is 2.50 bits per heavy atom. The second-order valence-corrected chi connectivity index (χ2v) is 5.14. The second-order valence-electron chi connectivity index (χ2n) is 4.70. The summed E-state index contributed by atoms with van der Waals surface area (Å²) >= 11 is 5.86.